The van der Waals surface area contributed by atoms with E-state index >= 15 is 0 Å². The average Bonchev–Trinajstić information content (AvgIpc) is 2.68. The first kappa shape index (κ1) is 21.1. The molecule has 1 aliphatic rings. The maximum Gasteiger partial charge on any atom is 0.573 e. The zero-order chi connectivity index (χ0) is 20.9. The van der Waals surface area contributed by atoms with Crippen molar-refractivity contribution in [3.8, 4) is 5.75 Å². The molecule has 0 radical (unpaired) electrons. The summed E-state index contributed by atoms with van der Waals surface area (Å²) in [6.07, 6.45) is -2.02. The molecule has 1 fully saturated rings. The quantitative estimate of drug-likeness (QED) is 0.730. The van der Waals surface area contributed by atoms with Gasteiger partial charge in [0.2, 0.25) is 5.91 Å². The van der Waals surface area contributed by atoms with Gasteiger partial charge in [-0.25, -0.2) is 8.51 Å². The van der Waals surface area contributed by atoms with Crippen LogP contribution >= 0.6 is 0 Å². The zero-order valence-corrected chi connectivity index (χ0v) is 16.1. The van der Waals surface area contributed by atoms with E-state index in [0.717, 1.165) is 17.7 Å². The number of hydrogen-bond donors (Lipinski definition) is 1. The Morgan fingerprint density at radius 1 is 1.03 bits per heavy atom. The summed E-state index contributed by atoms with van der Waals surface area (Å²) in [6.45, 7) is 0.968. The Balaban J connectivity index is 1.53. The number of rotatable bonds is 5. The van der Waals surface area contributed by atoms with Crippen molar-refractivity contribution in [2.75, 3.05) is 18.4 Å². The fourth-order valence-corrected chi connectivity index (χ4v) is 4.06. The van der Waals surface area contributed by atoms with Gasteiger partial charge in [-0.3, -0.25) is 4.79 Å². The third kappa shape index (κ3) is 6.43. The molecule has 5 nitrogen and oxygen atoms in total. The molecule has 1 N–H and O–H groups in total. The number of alkyl halides is 3. The largest absolute Gasteiger partial charge is 0.573 e. The van der Waals surface area contributed by atoms with Crippen molar-refractivity contribution in [1.29, 1.82) is 0 Å². The summed E-state index contributed by atoms with van der Waals surface area (Å²) in [4.78, 5) is 12.5. The Bertz CT molecular complexity index is 889. The minimum atomic E-state index is -4.76. The zero-order valence-electron chi connectivity index (χ0n) is 15.3. The molecule has 154 valence electrons. The molecule has 0 bridgehead atoms. The van der Waals surface area contributed by atoms with Crippen molar-refractivity contribution in [3.63, 3.8) is 0 Å². The molecular weight excluding hydrogens is 405 g/mol. The topological polar surface area (TPSA) is 58.6 Å². The summed E-state index contributed by atoms with van der Waals surface area (Å²) in [5.74, 6) is -0.562. The summed E-state index contributed by atoms with van der Waals surface area (Å²) in [7, 11) is -1.49. The van der Waals surface area contributed by atoms with E-state index in [1.807, 2.05) is 18.2 Å². The Labute approximate surface area is 168 Å². The second-order valence-corrected chi connectivity index (χ2v) is 7.84. The molecule has 1 unspecified atom stereocenters. The maximum atomic E-state index is 12.6. The van der Waals surface area contributed by atoms with Crippen LogP contribution in [0.1, 0.15) is 12.8 Å². The van der Waals surface area contributed by atoms with Crippen molar-refractivity contribution in [1.82, 2.24) is 4.31 Å². The number of anilines is 1. The first-order valence-electron chi connectivity index (χ1n) is 8.88. The predicted molar refractivity (Wildman–Crippen MR) is 103 cm³/mol. The second kappa shape index (κ2) is 9.23. The molecule has 3 rings (SSSR count). The van der Waals surface area contributed by atoms with Crippen LogP contribution in [0.2, 0.25) is 0 Å². The Hall–Kier alpha value is -2.65. The van der Waals surface area contributed by atoms with Gasteiger partial charge in [0.15, 0.2) is 0 Å². The number of para-hydroxylation sites is 1. The van der Waals surface area contributed by atoms with Gasteiger partial charge < -0.3 is 10.1 Å². The molecule has 29 heavy (non-hydrogen) atoms. The first-order chi connectivity index (χ1) is 13.8. The molecule has 2 aromatic carbocycles. The van der Waals surface area contributed by atoms with Gasteiger partial charge in [-0.2, -0.15) is 0 Å². The van der Waals surface area contributed by atoms with Crippen LogP contribution in [0.25, 0.3) is 0 Å². The van der Waals surface area contributed by atoms with Crippen LogP contribution in [0.4, 0.5) is 18.9 Å². The van der Waals surface area contributed by atoms with Gasteiger partial charge in [-0.05, 0) is 49.2 Å². The molecular formula is C20H19F3N2O3S. The lowest BCUT2D eigenvalue weighted by molar-refractivity contribution is -0.274. The van der Waals surface area contributed by atoms with E-state index in [9.17, 15) is 22.2 Å². The monoisotopic (exact) mass is 424 g/mol. The van der Waals surface area contributed by atoms with Crippen LogP contribution in [0.5, 0.6) is 5.75 Å². The summed E-state index contributed by atoms with van der Waals surface area (Å²) < 4.78 is 54.8. The highest BCUT2D eigenvalue weighted by molar-refractivity contribution is 7.82. The highest BCUT2D eigenvalue weighted by Gasteiger charge is 2.31. The van der Waals surface area contributed by atoms with Crippen molar-refractivity contribution in [2.45, 2.75) is 24.1 Å². The standard InChI is InChI=1S/C20H19F3N2O3S/c21-20(22,23)28-17-6-8-18(9-7-17)29(27)25-12-10-15(11-13-25)14-19(26)24-16-4-2-1-3-5-16/h1-9,14H,10-13H2,(H,24,26). The van der Waals surface area contributed by atoms with Crippen LogP contribution in [0.15, 0.2) is 71.1 Å². The summed E-state index contributed by atoms with van der Waals surface area (Å²) >= 11 is 0. The first-order valence-corrected chi connectivity index (χ1v) is 9.99. The van der Waals surface area contributed by atoms with Crippen LogP contribution < -0.4 is 10.1 Å². The van der Waals surface area contributed by atoms with Gasteiger partial charge in [0.1, 0.15) is 16.7 Å². The second-order valence-electron chi connectivity index (χ2n) is 6.36. The Kier molecular flexibility index (Phi) is 6.71. The minimum absolute atomic E-state index is 0.207. The number of nitrogens with zero attached hydrogens (tertiary/aromatic N) is 1. The molecule has 0 saturated carbocycles. The van der Waals surface area contributed by atoms with Gasteiger partial charge in [-0.1, -0.05) is 23.8 Å². The van der Waals surface area contributed by atoms with Gasteiger partial charge in [0.05, 0.1) is 4.90 Å². The number of amides is 1. The molecule has 0 spiro atoms. The smallest absolute Gasteiger partial charge is 0.406 e. The molecule has 1 aliphatic heterocycles. The van der Waals surface area contributed by atoms with E-state index in [1.165, 1.54) is 12.1 Å². The van der Waals surface area contributed by atoms with Gasteiger partial charge >= 0.3 is 6.36 Å². The molecule has 1 heterocycles. The van der Waals surface area contributed by atoms with Crippen molar-refractivity contribution in [2.24, 2.45) is 0 Å². The van der Waals surface area contributed by atoms with Crippen molar-refractivity contribution < 1.29 is 26.9 Å². The molecule has 2 aromatic rings. The third-order valence-electron chi connectivity index (χ3n) is 4.23. The number of benzene rings is 2. The third-order valence-corrected chi connectivity index (χ3v) is 5.74. The van der Waals surface area contributed by atoms with Crippen molar-refractivity contribution >= 4 is 22.6 Å². The number of nitrogens with one attached hydrogen (secondary N) is 1. The maximum absolute atomic E-state index is 12.6. The van der Waals surface area contributed by atoms with E-state index in [0.29, 0.717) is 36.5 Å². The van der Waals surface area contributed by atoms with Crippen LogP contribution in [-0.4, -0.2) is 33.9 Å². The van der Waals surface area contributed by atoms with Gasteiger partial charge in [-0.15, -0.1) is 13.2 Å². The van der Waals surface area contributed by atoms with Crippen LogP contribution in [-0.2, 0) is 15.8 Å². The van der Waals surface area contributed by atoms with Gasteiger partial charge in [0, 0.05) is 24.9 Å². The number of hydrogen-bond acceptors (Lipinski definition) is 3. The van der Waals surface area contributed by atoms with Crippen LogP contribution in [0.3, 0.4) is 0 Å². The fourth-order valence-electron chi connectivity index (χ4n) is 2.88. The average molecular weight is 424 g/mol. The molecule has 9 heteroatoms. The van der Waals surface area contributed by atoms with E-state index in [1.54, 1.807) is 22.5 Å². The lowest BCUT2D eigenvalue weighted by Gasteiger charge is -2.27. The fraction of sp³-hybridized carbons (Fsp3) is 0.250. The molecule has 0 aliphatic carbocycles. The van der Waals surface area contributed by atoms with E-state index in [-0.39, 0.29) is 11.7 Å². The van der Waals surface area contributed by atoms with E-state index in [2.05, 4.69) is 10.1 Å². The Morgan fingerprint density at radius 2 is 1.66 bits per heavy atom. The number of carbonyl (C=O) groups is 1. The summed E-state index contributed by atoms with van der Waals surface area (Å²) in [6, 6.07) is 14.1. The number of halogens is 3. The number of carbonyl (C=O) groups excluding carboxylic acids is 1. The normalized spacial score (nSPS) is 16.2. The van der Waals surface area contributed by atoms with Gasteiger partial charge in [0.25, 0.3) is 0 Å². The minimum Gasteiger partial charge on any atom is -0.406 e. The molecule has 1 saturated heterocycles. The highest BCUT2D eigenvalue weighted by atomic mass is 32.2. The molecule has 0 aromatic heterocycles. The summed E-state index contributed by atoms with van der Waals surface area (Å²) in [5, 5.41) is 2.79. The van der Waals surface area contributed by atoms with E-state index in [4.69, 9.17) is 0 Å². The van der Waals surface area contributed by atoms with E-state index < -0.39 is 17.3 Å². The highest BCUT2D eigenvalue weighted by Crippen LogP contribution is 2.25. The SMILES string of the molecule is O=C(C=C1CCN(S(=O)c2ccc(OC(F)(F)F)cc2)CC1)Nc1ccccc1. The number of piperidine rings is 1. The van der Waals surface area contributed by atoms with Crippen molar-refractivity contribution in [3.05, 3.63) is 66.2 Å². The molecule has 1 atom stereocenters. The summed E-state index contributed by atoms with van der Waals surface area (Å²) in [5.41, 5.74) is 1.67. The predicted octanol–water partition coefficient (Wildman–Crippen LogP) is 4.27. The lowest BCUT2D eigenvalue weighted by atomic mass is 10.1. The lowest BCUT2D eigenvalue weighted by Crippen LogP contribution is -2.32. The Morgan fingerprint density at radius 3 is 2.24 bits per heavy atom. The number of ether oxygens (including phenoxy) is 1. The van der Waals surface area contributed by atoms with Crippen LogP contribution in [0, 0.1) is 0 Å². The molecule has 1 amide bonds.